The van der Waals surface area contributed by atoms with E-state index in [1.165, 1.54) is 0 Å². The molecule has 4 fully saturated rings. The maximum Gasteiger partial charge on any atom is 0.337 e. The largest absolute Gasteiger partial charge is 0.457 e. The number of hydrogen-bond donors (Lipinski definition) is 12. The Morgan fingerprint density at radius 3 is 0.730 bits per heavy atom. The molecule has 0 unspecified atom stereocenters. The molecule has 2 saturated heterocycles. The minimum atomic E-state index is -1.50. The van der Waals surface area contributed by atoms with Gasteiger partial charge in [-0.25, -0.2) is 40.9 Å². The standard InChI is InChI=1S/C48H52N12O14/c61-39-35-36(72-47(71-35)23-3-1-4-24-47)40(62)54-58-44(66)50-28-9-17-32(18-10-28)70-34-21-13-30(14-22-34)52-46(68)60-56-42(64)38-37(73-48(74-38)25-5-2-6-26-48)41(63)55-59-45(67)51-29-11-19-33(20-12-29)69-31-15-7-27(8-16-31)49-43(65)57-53-39/h7-22,35-38H,1-6,23-26H2,(H,53,61)(H,54,62)(H,55,63)(H,56,64)(H2,49,57,65)(H2,50,58,66)(H2,51,59,67)(H2,52,60,68)/t35-,36-,37-,38-/m1/s1. The van der Waals surface area contributed by atoms with Crippen molar-refractivity contribution in [1.29, 1.82) is 0 Å². The average Bonchev–Trinajstić information content (AvgIpc) is 3.97. The van der Waals surface area contributed by atoms with Crippen molar-refractivity contribution in [3.05, 3.63) is 97.1 Å². The van der Waals surface area contributed by atoms with Gasteiger partial charge in [0.15, 0.2) is 36.0 Å². The maximum absolute atomic E-state index is 13.4. The predicted octanol–water partition coefficient (Wildman–Crippen LogP) is 4.48. The van der Waals surface area contributed by atoms with Crippen molar-refractivity contribution in [1.82, 2.24) is 43.4 Å². The van der Waals surface area contributed by atoms with Crippen LogP contribution in [0.5, 0.6) is 23.0 Å². The first-order valence-electron chi connectivity index (χ1n) is 23.7. The van der Waals surface area contributed by atoms with Gasteiger partial charge in [0, 0.05) is 48.4 Å². The molecule has 74 heavy (non-hydrogen) atoms. The maximum atomic E-state index is 13.4. The molecule has 2 spiro atoms. The number of amides is 12. The van der Waals surface area contributed by atoms with Gasteiger partial charge in [0.25, 0.3) is 23.6 Å². The molecule has 2 aliphatic carbocycles. The molecule has 0 aromatic heterocycles. The van der Waals surface area contributed by atoms with Crippen LogP contribution in [0.15, 0.2) is 97.1 Å². The number of urea groups is 4. The Balaban J connectivity index is 0.865. The van der Waals surface area contributed by atoms with Crippen LogP contribution in [0.1, 0.15) is 64.2 Å². The van der Waals surface area contributed by atoms with Crippen molar-refractivity contribution in [2.45, 2.75) is 100 Å². The van der Waals surface area contributed by atoms with E-state index in [0.29, 0.717) is 71.4 Å². The Morgan fingerprint density at radius 2 is 0.514 bits per heavy atom. The number of rotatable bonds is 0. The first-order chi connectivity index (χ1) is 35.8. The molecule has 0 radical (unpaired) electrons. The second kappa shape index (κ2) is 22.4. The second-order valence-corrected chi connectivity index (χ2v) is 17.7. The molecule has 388 valence electrons. The lowest BCUT2D eigenvalue weighted by atomic mass is 9.94. The van der Waals surface area contributed by atoms with E-state index in [2.05, 4.69) is 64.7 Å². The lowest BCUT2D eigenvalue weighted by molar-refractivity contribution is -0.196. The highest BCUT2D eigenvalue weighted by Gasteiger charge is 2.55. The van der Waals surface area contributed by atoms with Crippen molar-refractivity contribution in [3.63, 3.8) is 0 Å². The van der Waals surface area contributed by atoms with E-state index in [-0.39, 0.29) is 0 Å². The number of benzene rings is 4. The summed E-state index contributed by atoms with van der Waals surface area (Å²) in [6.07, 6.45) is 0.401. The van der Waals surface area contributed by atoms with Gasteiger partial charge in [0.1, 0.15) is 23.0 Å². The van der Waals surface area contributed by atoms with Crippen LogP contribution in [-0.2, 0) is 38.1 Å². The lowest BCUT2D eigenvalue weighted by Gasteiger charge is -2.31. The van der Waals surface area contributed by atoms with E-state index in [1.54, 1.807) is 97.1 Å². The molecular weight excluding hydrogens is 969 g/mol. The van der Waals surface area contributed by atoms with E-state index in [9.17, 15) is 38.4 Å². The summed E-state index contributed by atoms with van der Waals surface area (Å²) in [5.41, 5.74) is 19.4. The highest BCUT2D eigenvalue weighted by molar-refractivity contribution is 5.97. The van der Waals surface area contributed by atoms with Gasteiger partial charge in [-0.2, -0.15) is 0 Å². The predicted molar refractivity (Wildman–Crippen MR) is 258 cm³/mol. The summed E-state index contributed by atoms with van der Waals surface area (Å²) in [6, 6.07) is 21.6. The summed E-state index contributed by atoms with van der Waals surface area (Å²) < 4.78 is 36.1. The molecule has 4 aromatic carbocycles. The SMILES string of the molecule is O=C1NNC(=O)[C@@H]2OC3(CCCCC3)O[C@H]2C(=O)NNC(=O)Nc2ccc(cc2)Oc2ccc(cc2)NC(=O)NNC(=O)[C@@H]2OC3(CCCCC3)O[C@H]2C(=O)NNC(=O)Nc2ccc(cc2)Oc2ccc(cc2)N1. The Hall–Kier alpha value is -8.72. The monoisotopic (exact) mass is 1020 g/mol. The summed E-state index contributed by atoms with van der Waals surface area (Å²) in [7, 11) is 0. The first kappa shape index (κ1) is 50.2. The third-order valence-corrected chi connectivity index (χ3v) is 12.3. The Labute approximate surface area is 421 Å². The van der Waals surface area contributed by atoms with E-state index in [1.807, 2.05) is 0 Å². The quantitative estimate of drug-likeness (QED) is 0.116. The Morgan fingerprint density at radius 1 is 0.297 bits per heavy atom. The van der Waals surface area contributed by atoms with Crippen LogP contribution >= 0.6 is 0 Å². The van der Waals surface area contributed by atoms with Gasteiger partial charge in [0.05, 0.1) is 0 Å². The van der Waals surface area contributed by atoms with Gasteiger partial charge in [-0.05, 0) is 123 Å². The molecule has 9 heterocycles. The Bertz CT molecular complexity index is 2380. The van der Waals surface area contributed by atoms with Gasteiger partial charge in [-0.1, -0.05) is 12.8 Å². The van der Waals surface area contributed by atoms with E-state index < -0.39 is 83.7 Å². The van der Waals surface area contributed by atoms with Crippen LogP contribution in [0.25, 0.3) is 0 Å². The molecule has 9 aliphatic heterocycles. The smallest absolute Gasteiger partial charge is 0.337 e. The number of hydrazine groups is 4. The molecule has 26 heteroatoms. The normalized spacial score (nSPS) is 23.8. The Kier molecular flexibility index (Phi) is 15.2. The summed E-state index contributed by atoms with van der Waals surface area (Å²) in [6.45, 7) is 0. The number of nitrogens with one attached hydrogen (secondary N) is 12. The van der Waals surface area contributed by atoms with Crippen molar-refractivity contribution >= 4 is 70.5 Å². The fraction of sp³-hybridized carbons (Fsp3) is 0.333. The number of carbonyl (C=O) groups is 8. The van der Waals surface area contributed by atoms with Crippen LogP contribution < -0.4 is 74.1 Å². The number of carbonyl (C=O) groups excluding carboxylic acids is 8. The summed E-state index contributed by atoms with van der Waals surface area (Å²) >= 11 is 0. The van der Waals surface area contributed by atoms with Crippen LogP contribution in [0.4, 0.5) is 41.9 Å². The topological polar surface area (TPSA) is 336 Å². The second-order valence-electron chi connectivity index (χ2n) is 17.7. The van der Waals surface area contributed by atoms with E-state index in [4.69, 9.17) is 28.4 Å². The third-order valence-electron chi connectivity index (χ3n) is 12.3. The average molecular weight is 1020 g/mol. The zero-order valence-electron chi connectivity index (χ0n) is 39.3. The zero-order chi connectivity index (χ0) is 51.7. The van der Waals surface area contributed by atoms with E-state index >= 15 is 0 Å². The highest BCUT2D eigenvalue weighted by Crippen LogP contribution is 2.42. The van der Waals surface area contributed by atoms with Gasteiger partial charge in [-0.15, -0.1) is 0 Å². The zero-order valence-corrected chi connectivity index (χ0v) is 39.3. The van der Waals surface area contributed by atoms with Crippen molar-refractivity contribution in [2.75, 3.05) is 21.3 Å². The van der Waals surface area contributed by atoms with Crippen molar-refractivity contribution in [3.8, 4) is 23.0 Å². The number of hydrogen-bond acceptors (Lipinski definition) is 14. The molecule has 26 nitrogen and oxygen atoms in total. The van der Waals surface area contributed by atoms with E-state index in [0.717, 1.165) is 38.5 Å². The molecule has 2 saturated carbocycles. The minimum absolute atomic E-state index is 0.324. The van der Waals surface area contributed by atoms with Crippen LogP contribution in [0, 0.1) is 0 Å². The van der Waals surface area contributed by atoms with Crippen molar-refractivity contribution in [2.24, 2.45) is 0 Å². The molecule has 11 aliphatic rings. The lowest BCUT2D eigenvalue weighted by Crippen LogP contribution is -2.55. The molecule has 12 N–H and O–H groups in total. The fourth-order valence-corrected chi connectivity index (χ4v) is 8.75. The summed E-state index contributed by atoms with van der Waals surface area (Å²) in [5.74, 6) is -4.43. The van der Waals surface area contributed by atoms with Crippen LogP contribution in [-0.4, -0.2) is 83.7 Å². The highest BCUT2D eigenvalue weighted by atomic mass is 16.8. The first-order valence-corrected chi connectivity index (χ1v) is 23.7. The molecular formula is C48H52N12O14. The molecule has 12 amide bonds. The van der Waals surface area contributed by atoms with Crippen LogP contribution in [0.3, 0.4) is 0 Å². The van der Waals surface area contributed by atoms with Gasteiger partial charge in [0.2, 0.25) is 0 Å². The van der Waals surface area contributed by atoms with Crippen LogP contribution in [0.2, 0.25) is 0 Å². The minimum Gasteiger partial charge on any atom is -0.457 e. The third kappa shape index (κ3) is 12.7. The van der Waals surface area contributed by atoms with Gasteiger partial charge in [-0.3, -0.25) is 40.9 Å². The summed E-state index contributed by atoms with van der Waals surface area (Å²) in [5, 5.41) is 10.3. The molecule has 4 aromatic rings. The fourth-order valence-electron chi connectivity index (χ4n) is 8.75. The molecule has 15 rings (SSSR count). The number of anilines is 4. The molecule has 4 atom stereocenters. The molecule has 8 bridgehead atoms. The van der Waals surface area contributed by atoms with Gasteiger partial charge >= 0.3 is 24.1 Å². The van der Waals surface area contributed by atoms with Crippen molar-refractivity contribution < 1.29 is 66.8 Å². The summed E-state index contributed by atoms with van der Waals surface area (Å²) in [4.78, 5) is 105. The number of ether oxygens (including phenoxy) is 6. The van der Waals surface area contributed by atoms with Gasteiger partial charge < -0.3 is 49.7 Å².